The van der Waals surface area contributed by atoms with Gasteiger partial charge in [-0.25, -0.2) is 4.39 Å². The Bertz CT molecular complexity index is 643. The van der Waals surface area contributed by atoms with Crippen molar-refractivity contribution in [1.82, 2.24) is 4.98 Å². The molecule has 0 amide bonds. The van der Waals surface area contributed by atoms with Crippen LogP contribution in [0.1, 0.15) is 22.7 Å². The zero-order valence-corrected chi connectivity index (χ0v) is 11.0. The maximum absolute atomic E-state index is 13.3. The second-order valence-corrected chi connectivity index (χ2v) is 4.37. The molecular formula is C14H12F4N2O. The van der Waals surface area contributed by atoms with Crippen LogP contribution in [0.3, 0.4) is 0 Å². The number of pyridine rings is 1. The first-order valence-corrected chi connectivity index (χ1v) is 5.94. The quantitative estimate of drug-likeness (QED) is 0.885. The Hall–Kier alpha value is -2.15. The minimum absolute atomic E-state index is 0.297. The minimum Gasteiger partial charge on any atom is -0.495 e. The molecule has 0 spiro atoms. The van der Waals surface area contributed by atoms with Crippen LogP contribution < -0.4 is 10.5 Å². The van der Waals surface area contributed by atoms with Gasteiger partial charge in [0.15, 0.2) is 0 Å². The van der Waals surface area contributed by atoms with Crippen molar-refractivity contribution in [2.45, 2.75) is 12.2 Å². The maximum atomic E-state index is 13.3. The van der Waals surface area contributed by atoms with E-state index in [0.29, 0.717) is 17.4 Å². The van der Waals surface area contributed by atoms with Crippen LogP contribution in [-0.4, -0.2) is 12.1 Å². The van der Waals surface area contributed by atoms with E-state index < -0.39 is 23.6 Å². The van der Waals surface area contributed by atoms with Gasteiger partial charge in [-0.1, -0.05) is 0 Å². The maximum Gasteiger partial charge on any atom is 0.416 e. The Morgan fingerprint density at radius 1 is 1.19 bits per heavy atom. The molecule has 0 fully saturated rings. The predicted molar refractivity (Wildman–Crippen MR) is 68.2 cm³/mol. The standard InChI is InChI=1S/C14H12F4N2O/c1-21-10-4-8(6-20-7-10)13(19)11-5-9(15)2-3-12(11)14(16,17)18/h2-7,13H,19H2,1H3. The van der Waals surface area contributed by atoms with Crippen molar-refractivity contribution in [2.24, 2.45) is 5.73 Å². The normalized spacial score (nSPS) is 13.0. The number of hydrogen-bond donors (Lipinski definition) is 1. The molecule has 1 atom stereocenters. The lowest BCUT2D eigenvalue weighted by atomic mass is 9.95. The van der Waals surface area contributed by atoms with Crippen LogP contribution in [0.15, 0.2) is 36.7 Å². The Kier molecular flexibility index (Phi) is 4.13. The van der Waals surface area contributed by atoms with E-state index >= 15 is 0 Å². The second kappa shape index (κ2) is 5.69. The summed E-state index contributed by atoms with van der Waals surface area (Å²) in [6.45, 7) is 0. The van der Waals surface area contributed by atoms with Crippen molar-refractivity contribution >= 4 is 0 Å². The highest BCUT2D eigenvalue weighted by atomic mass is 19.4. The zero-order valence-electron chi connectivity index (χ0n) is 11.0. The summed E-state index contributed by atoms with van der Waals surface area (Å²) < 4.78 is 57.2. The summed E-state index contributed by atoms with van der Waals surface area (Å²) in [7, 11) is 1.40. The van der Waals surface area contributed by atoms with Crippen LogP contribution in [0, 0.1) is 5.82 Å². The molecule has 2 N–H and O–H groups in total. The van der Waals surface area contributed by atoms with Gasteiger partial charge in [0.1, 0.15) is 11.6 Å². The Morgan fingerprint density at radius 3 is 2.52 bits per heavy atom. The van der Waals surface area contributed by atoms with Crippen molar-refractivity contribution in [1.29, 1.82) is 0 Å². The molecule has 0 saturated heterocycles. The molecule has 0 bridgehead atoms. The molecule has 2 aromatic rings. The Balaban J connectivity index is 2.51. The summed E-state index contributed by atoms with van der Waals surface area (Å²) in [4.78, 5) is 3.84. The van der Waals surface area contributed by atoms with E-state index in [0.717, 1.165) is 12.1 Å². The molecule has 0 aliphatic heterocycles. The van der Waals surface area contributed by atoms with E-state index in [1.807, 2.05) is 0 Å². The number of aromatic nitrogens is 1. The highest BCUT2D eigenvalue weighted by Crippen LogP contribution is 2.36. The number of methoxy groups -OCH3 is 1. The number of nitrogens with zero attached hydrogens (tertiary/aromatic N) is 1. The molecule has 3 nitrogen and oxygen atoms in total. The summed E-state index contributed by atoms with van der Waals surface area (Å²) in [5, 5.41) is 0. The van der Waals surface area contributed by atoms with Crippen molar-refractivity contribution in [3.05, 3.63) is 59.2 Å². The number of benzene rings is 1. The largest absolute Gasteiger partial charge is 0.495 e. The SMILES string of the molecule is COc1cncc(C(N)c2cc(F)ccc2C(F)(F)F)c1. The molecule has 1 aromatic heterocycles. The summed E-state index contributed by atoms with van der Waals surface area (Å²) in [6, 6.07) is 2.51. The van der Waals surface area contributed by atoms with Gasteiger partial charge in [0, 0.05) is 6.20 Å². The topological polar surface area (TPSA) is 48.1 Å². The monoisotopic (exact) mass is 300 g/mol. The highest BCUT2D eigenvalue weighted by molar-refractivity contribution is 5.39. The van der Waals surface area contributed by atoms with E-state index in [-0.39, 0.29) is 5.56 Å². The third kappa shape index (κ3) is 3.30. The van der Waals surface area contributed by atoms with Crippen LogP contribution in [0.5, 0.6) is 5.75 Å². The first kappa shape index (κ1) is 15.2. The number of alkyl halides is 3. The number of rotatable bonds is 3. The third-order valence-electron chi connectivity index (χ3n) is 2.98. The molecular weight excluding hydrogens is 288 g/mol. The molecule has 2 rings (SSSR count). The molecule has 0 saturated carbocycles. The summed E-state index contributed by atoms with van der Waals surface area (Å²) >= 11 is 0. The van der Waals surface area contributed by atoms with E-state index in [2.05, 4.69) is 4.98 Å². The lowest BCUT2D eigenvalue weighted by molar-refractivity contribution is -0.138. The number of nitrogens with two attached hydrogens (primary N) is 1. The van der Waals surface area contributed by atoms with Gasteiger partial charge in [-0.2, -0.15) is 13.2 Å². The fraction of sp³-hybridized carbons (Fsp3) is 0.214. The molecule has 0 aliphatic rings. The van der Waals surface area contributed by atoms with Crippen LogP contribution in [0.2, 0.25) is 0 Å². The van der Waals surface area contributed by atoms with E-state index in [1.54, 1.807) is 0 Å². The lowest BCUT2D eigenvalue weighted by Gasteiger charge is -2.19. The van der Waals surface area contributed by atoms with Crippen LogP contribution in [0.4, 0.5) is 17.6 Å². The fourth-order valence-corrected chi connectivity index (χ4v) is 1.95. The van der Waals surface area contributed by atoms with Crippen molar-refractivity contribution in [3.63, 3.8) is 0 Å². The molecule has 21 heavy (non-hydrogen) atoms. The van der Waals surface area contributed by atoms with Gasteiger partial charge in [0.25, 0.3) is 0 Å². The molecule has 112 valence electrons. The number of halogens is 4. The molecule has 7 heteroatoms. The van der Waals surface area contributed by atoms with E-state index in [9.17, 15) is 17.6 Å². The summed E-state index contributed by atoms with van der Waals surface area (Å²) in [5.74, 6) is -0.433. The molecule has 1 heterocycles. The third-order valence-corrected chi connectivity index (χ3v) is 2.98. The van der Waals surface area contributed by atoms with Crippen LogP contribution in [-0.2, 0) is 6.18 Å². The van der Waals surface area contributed by atoms with E-state index in [1.165, 1.54) is 25.6 Å². The average Bonchev–Trinajstić information content (AvgIpc) is 2.45. The van der Waals surface area contributed by atoms with Gasteiger partial charge in [-0.05, 0) is 35.4 Å². The predicted octanol–water partition coefficient (Wildman–Crippen LogP) is 3.30. The summed E-state index contributed by atoms with van der Waals surface area (Å²) in [5.41, 5.74) is 4.82. The smallest absolute Gasteiger partial charge is 0.416 e. The Labute approximate surface area is 118 Å². The minimum atomic E-state index is -4.62. The van der Waals surface area contributed by atoms with Crippen molar-refractivity contribution in [3.8, 4) is 5.75 Å². The van der Waals surface area contributed by atoms with Gasteiger partial charge in [-0.15, -0.1) is 0 Å². The van der Waals surface area contributed by atoms with Crippen LogP contribution in [0.25, 0.3) is 0 Å². The van der Waals surface area contributed by atoms with Gasteiger partial charge >= 0.3 is 6.18 Å². The van der Waals surface area contributed by atoms with Gasteiger partial charge in [-0.3, -0.25) is 4.98 Å². The van der Waals surface area contributed by atoms with Crippen LogP contribution >= 0.6 is 0 Å². The molecule has 0 radical (unpaired) electrons. The fourth-order valence-electron chi connectivity index (χ4n) is 1.95. The highest BCUT2D eigenvalue weighted by Gasteiger charge is 2.35. The Morgan fingerprint density at radius 2 is 1.90 bits per heavy atom. The van der Waals surface area contributed by atoms with Gasteiger partial charge in [0.2, 0.25) is 0 Å². The molecule has 1 aromatic carbocycles. The second-order valence-electron chi connectivity index (χ2n) is 4.37. The first-order chi connectivity index (χ1) is 9.82. The molecule has 0 aliphatic carbocycles. The van der Waals surface area contributed by atoms with Gasteiger partial charge in [0.05, 0.1) is 24.9 Å². The molecule has 1 unspecified atom stereocenters. The lowest BCUT2D eigenvalue weighted by Crippen LogP contribution is -2.19. The van der Waals surface area contributed by atoms with E-state index in [4.69, 9.17) is 10.5 Å². The van der Waals surface area contributed by atoms with Gasteiger partial charge < -0.3 is 10.5 Å². The van der Waals surface area contributed by atoms with Crippen molar-refractivity contribution in [2.75, 3.05) is 7.11 Å². The number of ether oxygens (including phenoxy) is 1. The number of hydrogen-bond acceptors (Lipinski definition) is 3. The summed E-state index contributed by atoms with van der Waals surface area (Å²) in [6.07, 6.45) is -1.91. The zero-order chi connectivity index (χ0) is 15.6. The van der Waals surface area contributed by atoms with Crippen molar-refractivity contribution < 1.29 is 22.3 Å². The first-order valence-electron chi connectivity index (χ1n) is 5.94. The average molecular weight is 300 g/mol.